The SMILES string of the molecule is CC(C)C(C(=O)Nc1ccc(C#N)cc1)N1Cc2c(Cl)cnc3[nH]cc(c23)C1=O. The van der Waals surface area contributed by atoms with Crippen molar-refractivity contribution in [3.05, 3.63) is 58.4 Å². The second kappa shape index (κ2) is 7.22. The Morgan fingerprint density at radius 3 is 2.72 bits per heavy atom. The molecule has 2 amide bonds. The lowest BCUT2D eigenvalue weighted by atomic mass is 9.95. The Hall–Kier alpha value is -3.37. The first kappa shape index (κ1) is 19.0. The molecule has 146 valence electrons. The minimum Gasteiger partial charge on any atom is -0.345 e. The molecular weight excluding hydrogens is 390 g/mol. The van der Waals surface area contributed by atoms with Gasteiger partial charge in [-0.25, -0.2) is 4.98 Å². The van der Waals surface area contributed by atoms with Gasteiger partial charge in [-0.1, -0.05) is 25.4 Å². The molecule has 3 aromatic rings. The number of anilines is 1. The van der Waals surface area contributed by atoms with Crippen LogP contribution in [0.1, 0.15) is 35.3 Å². The van der Waals surface area contributed by atoms with Gasteiger partial charge in [0.1, 0.15) is 11.7 Å². The van der Waals surface area contributed by atoms with Gasteiger partial charge in [-0.15, -0.1) is 0 Å². The van der Waals surface area contributed by atoms with Gasteiger partial charge in [-0.2, -0.15) is 5.26 Å². The number of halogens is 1. The summed E-state index contributed by atoms with van der Waals surface area (Å²) in [6, 6.07) is 7.94. The lowest BCUT2D eigenvalue weighted by Gasteiger charge is -2.36. The van der Waals surface area contributed by atoms with Gasteiger partial charge in [0, 0.05) is 35.6 Å². The van der Waals surface area contributed by atoms with Crippen LogP contribution in [0.25, 0.3) is 11.0 Å². The molecule has 0 fully saturated rings. The highest BCUT2D eigenvalue weighted by molar-refractivity contribution is 6.32. The Morgan fingerprint density at radius 2 is 2.07 bits per heavy atom. The number of carbonyl (C=O) groups is 2. The molecule has 7 nitrogen and oxygen atoms in total. The molecule has 29 heavy (non-hydrogen) atoms. The highest BCUT2D eigenvalue weighted by Gasteiger charge is 2.38. The zero-order valence-electron chi connectivity index (χ0n) is 15.9. The number of pyridine rings is 1. The Kier molecular flexibility index (Phi) is 4.73. The van der Waals surface area contributed by atoms with E-state index in [2.05, 4.69) is 15.3 Å². The quantitative estimate of drug-likeness (QED) is 0.688. The Labute approximate surface area is 172 Å². The number of rotatable bonds is 4. The summed E-state index contributed by atoms with van der Waals surface area (Å²) in [5.41, 5.74) is 2.93. The van der Waals surface area contributed by atoms with E-state index in [0.29, 0.717) is 32.9 Å². The average Bonchev–Trinajstić information content (AvgIpc) is 3.13. The molecule has 3 heterocycles. The zero-order valence-corrected chi connectivity index (χ0v) is 16.6. The van der Waals surface area contributed by atoms with Crippen LogP contribution >= 0.6 is 11.6 Å². The number of benzene rings is 1. The third-order valence-electron chi connectivity index (χ3n) is 5.09. The lowest BCUT2D eigenvalue weighted by Crippen LogP contribution is -2.51. The first-order valence-corrected chi connectivity index (χ1v) is 9.55. The number of hydrogen-bond acceptors (Lipinski definition) is 4. The number of carbonyl (C=O) groups excluding carboxylic acids is 2. The van der Waals surface area contributed by atoms with Crippen molar-refractivity contribution in [3.8, 4) is 6.07 Å². The summed E-state index contributed by atoms with van der Waals surface area (Å²) >= 11 is 6.36. The normalized spacial score (nSPS) is 14.2. The average molecular weight is 408 g/mol. The van der Waals surface area contributed by atoms with E-state index in [4.69, 9.17) is 16.9 Å². The maximum atomic E-state index is 13.2. The van der Waals surface area contributed by atoms with Crippen molar-refractivity contribution in [2.24, 2.45) is 5.92 Å². The van der Waals surface area contributed by atoms with Crippen molar-refractivity contribution in [2.45, 2.75) is 26.4 Å². The number of aromatic nitrogens is 2. The van der Waals surface area contributed by atoms with Crippen LogP contribution in [0, 0.1) is 17.2 Å². The van der Waals surface area contributed by atoms with Gasteiger partial charge in [0.05, 0.1) is 22.2 Å². The monoisotopic (exact) mass is 407 g/mol. The molecule has 0 aliphatic carbocycles. The van der Waals surface area contributed by atoms with E-state index in [0.717, 1.165) is 5.56 Å². The summed E-state index contributed by atoms with van der Waals surface area (Å²) in [5, 5.41) is 13.0. The van der Waals surface area contributed by atoms with Crippen molar-refractivity contribution in [3.63, 3.8) is 0 Å². The number of amides is 2. The van der Waals surface area contributed by atoms with Crippen molar-refractivity contribution in [1.82, 2.24) is 14.9 Å². The van der Waals surface area contributed by atoms with Crippen molar-refractivity contribution < 1.29 is 9.59 Å². The molecule has 0 saturated carbocycles. The highest BCUT2D eigenvalue weighted by Crippen LogP contribution is 2.35. The minimum absolute atomic E-state index is 0.131. The number of H-pyrrole nitrogens is 1. The predicted molar refractivity (Wildman–Crippen MR) is 109 cm³/mol. The fourth-order valence-corrected chi connectivity index (χ4v) is 3.93. The smallest absolute Gasteiger partial charge is 0.257 e. The van der Waals surface area contributed by atoms with Gasteiger partial charge in [0.15, 0.2) is 0 Å². The van der Waals surface area contributed by atoms with Gasteiger partial charge in [0.2, 0.25) is 5.91 Å². The maximum absolute atomic E-state index is 13.2. The van der Waals surface area contributed by atoms with Crippen LogP contribution in [0.5, 0.6) is 0 Å². The summed E-state index contributed by atoms with van der Waals surface area (Å²) < 4.78 is 0. The fourth-order valence-electron chi connectivity index (χ4n) is 3.73. The van der Waals surface area contributed by atoms with Crippen LogP contribution in [-0.4, -0.2) is 32.7 Å². The van der Waals surface area contributed by atoms with Gasteiger partial charge in [-0.3, -0.25) is 9.59 Å². The van der Waals surface area contributed by atoms with Crippen LogP contribution < -0.4 is 5.32 Å². The van der Waals surface area contributed by atoms with E-state index in [1.807, 2.05) is 19.9 Å². The van der Waals surface area contributed by atoms with E-state index in [1.165, 1.54) is 0 Å². The van der Waals surface area contributed by atoms with Crippen LogP contribution in [-0.2, 0) is 11.3 Å². The van der Waals surface area contributed by atoms with Crippen LogP contribution in [0.3, 0.4) is 0 Å². The standard InChI is InChI=1S/C21H18ClN5O2/c1-11(2)18(20(28)26-13-5-3-12(7-23)4-6-13)27-10-15-16(22)9-25-19-17(15)14(8-24-19)21(27)29/h3-6,8-9,11,18H,10H2,1-2H3,(H,24,25)(H,26,28). The first-order valence-electron chi connectivity index (χ1n) is 9.17. The molecule has 0 radical (unpaired) electrons. The Bertz CT molecular complexity index is 1160. The Morgan fingerprint density at radius 1 is 1.34 bits per heavy atom. The maximum Gasteiger partial charge on any atom is 0.257 e. The van der Waals surface area contributed by atoms with Gasteiger partial charge in [0.25, 0.3) is 5.91 Å². The second-order valence-electron chi connectivity index (χ2n) is 7.31. The van der Waals surface area contributed by atoms with E-state index in [9.17, 15) is 9.59 Å². The number of nitriles is 1. The summed E-state index contributed by atoms with van der Waals surface area (Å²) in [6.45, 7) is 4.02. The first-order chi connectivity index (χ1) is 13.9. The van der Waals surface area contributed by atoms with Gasteiger partial charge < -0.3 is 15.2 Å². The van der Waals surface area contributed by atoms with E-state index >= 15 is 0 Å². The summed E-state index contributed by atoms with van der Waals surface area (Å²) in [5.74, 6) is -0.658. The highest BCUT2D eigenvalue weighted by atomic mass is 35.5. The van der Waals surface area contributed by atoms with E-state index in [1.54, 1.807) is 41.6 Å². The predicted octanol–water partition coefficient (Wildman–Crippen LogP) is 3.71. The molecule has 2 N–H and O–H groups in total. The largest absolute Gasteiger partial charge is 0.345 e. The van der Waals surface area contributed by atoms with E-state index in [-0.39, 0.29) is 24.3 Å². The van der Waals surface area contributed by atoms with Crippen LogP contribution in [0.4, 0.5) is 5.69 Å². The van der Waals surface area contributed by atoms with Crippen molar-refractivity contribution >= 4 is 40.1 Å². The number of nitrogens with zero attached hydrogens (tertiary/aromatic N) is 3. The van der Waals surface area contributed by atoms with E-state index < -0.39 is 6.04 Å². The topological polar surface area (TPSA) is 102 Å². The minimum atomic E-state index is -0.694. The van der Waals surface area contributed by atoms with Gasteiger partial charge >= 0.3 is 0 Å². The lowest BCUT2D eigenvalue weighted by molar-refractivity contribution is -0.122. The molecule has 4 rings (SSSR count). The summed E-state index contributed by atoms with van der Waals surface area (Å²) in [6.07, 6.45) is 3.16. The van der Waals surface area contributed by atoms with Crippen LogP contribution in [0.2, 0.25) is 5.02 Å². The second-order valence-corrected chi connectivity index (χ2v) is 7.72. The molecule has 1 aliphatic rings. The third kappa shape index (κ3) is 3.22. The van der Waals surface area contributed by atoms with Crippen molar-refractivity contribution in [1.29, 1.82) is 5.26 Å². The molecular formula is C21H18ClN5O2. The zero-order chi connectivity index (χ0) is 20.7. The van der Waals surface area contributed by atoms with Crippen molar-refractivity contribution in [2.75, 3.05) is 5.32 Å². The van der Waals surface area contributed by atoms with Gasteiger partial charge in [-0.05, 0) is 30.2 Å². The molecule has 0 bridgehead atoms. The third-order valence-corrected chi connectivity index (χ3v) is 5.42. The number of aromatic amines is 1. The molecule has 8 heteroatoms. The molecule has 1 unspecified atom stereocenters. The summed E-state index contributed by atoms with van der Waals surface area (Å²) in [4.78, 5) is 35.1. The molecule has 0 spiro atoms. The molecule has 1 aromatic carbocycles. The Balaban J connectivity index is 1.66. The molecule has 1 atom stereocenters. The summed E-state index contributed by atoms with van der Waals surface area (Å²) in [7, 11) is 0. The number of nitrogens with one attached hydrogen (secondary N) is 2. The fraction of sp³-hybridized carbons (Fsp3) is 0.238. The molecule has 0 saturated heterocycles. The number of hydrogen-bond donors (Lipinski definition) is 2. The van der Waals surface area contributed by atoms with Crippen LogP contribution in [0.15, 0.2) is 36.7 Å². The molecule has 2 aromatic heterocycles. The molecule has 1 aliphatic heterocycles.